The van der Waals surface area contributed by atoms with Crippen molar-refractivity contribution in [1.29, 1.82) is 0 Å². The second-order valence-electron chi connectivity index (χ2n) is 3.81. The first-order valence-electron chi connectivity index (χ1n) is 5.57. The molecule has 5 heteroatoms. The van der Waals surface area contributed by atoms with Gasteiger partial charge in [-0.05, 0) is 24.3 Å². The summed E-state index contributed by atoms with van der Waals surface area (Å²) in [6.45, 7) is 0. The van der Waals surface area contributed by atoms with Crippen LogP contribution in [0.15, 0.2) is 36.5 Å². The van der Waals surface area contributed by atoms with Crippen LogP contribution in [0.5, 0.6) is 11.5 Å². The molecule has 2 aromatic rings. The zero-order chi connectivity index (χ0) is 13.8. The van der Waals surface area contributed by atoms with Crippen molar-refractivity contribution in [2.24, 2.45) is 0 Å². The number of pyridine rings is 1. The van der Waals surface area contributed by atoms with Crippen molar-refractivity contribution in [2.45, 2.75) is 0 Å². The van der Waals surface area contributed by atoms with E-state index in [-0.39, 0.29) is 5.56 Å². The Morgan fingerprint density at radius 1 is 1.16 bits per heavy atom. The zero-order valence-corrected chi connectivity index (χ0v) is 10.6. The molecule has 1 aromatic heterocycles. The summed E-state index contributed by atoms with van der Waals surface area (Å²) < 4.78 is 10.3. The predicted molar refractivity (Wildman–Crippen MR) is 69.7 cm³/mol. The minimum absolute atomic E-state index is 0.137. The Hall–Kier alpha value is -2.56. The number of aromatic carboxylic acids is 1. The zero-order valence-electron chi connectivity index (χ0n) is 10.6. The second kappa shape index (κ2) is 5.39. The lowest BCUT2D eigenvalue weighted by molar-refractivity contribution is 0.0697. The number of carbonyl (C=O) groups is 1. The summed E-state index contributed by atoms with van der Waals surface area (Å²) in [5, 5.41) is 9.18. The Bertz CT molecular complexity index is 588. The molecule has 0 saturated carbocycles. The summed E-state index contributed by atoms with van der Waals surface area (Å²) in [7, 11) is 3.07. The molecular weight excluding hydrogens is 246 g/mol. The lowest BCUT2D eigenvalue weighted by atomic mass is 10.1. The summed E-state index contributed by atoms with van der Waals surface area (Å²) in [4.78, 5) is 15.3. The Labute approximate surface area is 110 Å². The van der Waals surface area contributed by atoms with Crippen molar-refractivity contribution in [3.8, 4) is 22.8 Å². The van der Waals surface area contributed by atoms with Gasteiger partial charge in [-0.15, -0.1) is 0 Å². The molecule has 0 unspecified atom stereocenters. The van der Waals surface area contributed by atoms with Gasteiger partial charge in [-0.3, -0.25) is 4.98 Å². The van der Waals surface area contributed by atoms with Crippen LogP contribution in [0.4, 0.5) is 0 Å². The van der Waals surface area contributed by atoms with E-state index in [0.717, 1.165) is 0 Å². The van der Waals surface area contributed by atoms with Gasteiger partial charge in [-0.25, -0.2) is 4.79 Å². The molecule has 5 nitrogen and oxygen atoms in total. The number of nitrogens with zero attached hydrogens (tertiary/aromatic N) is 1. The number of hydrogen-bond donors (Lipinski definition) is 1. The van der Waals surface area contributed by atoms with Gasteiger partial charge in [0, 0.05) is 17.8 Å². The van der Waals surface area contributed by atoms with Gasteiger partial charge in [0.25, 0.3) is 0 Å². The molecule has 0 amide bonds. The lowest BCUT2D eigenvalue weighted by Crippen LogP contribution is -2.01. The van der Waals surface area contributed by atoms with Gasteiger partial charge in [-0.1, -0.05) is 0 Å². The van der Waals surface area contributed by atoms with Crippen molar-refractivity contribution < 1.29 is 19.4 Å². The Morgan fingerprint density at radius 3 is 2.32 bits per heavy atom. The van der Waals surface area contributed by atoms with Crippen LogP contribution in [0, 0.1) is 0 Å². The number of benzene rings is 1. The molecule has 0 bridgehead atoms. The normalized spacial score (nSPS) is 10.0. The Balaban J connectivity index is 2.61. The number of methoxy groups -OCH3 is 2. The Kier molecular flexibility index (Phi) is 3.66. The average molecular weight is 259 g/mol. The molecule has 2 rings (SSSR count). The van der Waals surface area contributed by atoms with Crippen LogP contribution < -0.4 is 9.47 Å². The van der Waals surface area contributed by atoms with E-state index in [1.807, 2.05) is 0 Å². The molecular formula is C14H13NO4. The van der Waals surface area contributed by atoms with E-state index in [9.17, 15) is 9.90 Å². The van der Waals surface area contributed by atoms with Crippen LogP contribution >= 0.6 is 0 Å². The molecule has 0 fully saturated rings. The van der Waals surface area contributed by atoms with Crippen molar-refractivity contribution in [2.75, 3.05) is 14.2 Å². The fourth-order valence-corrected chi connectivity index (χ4v) is 1.75. The molecule has 0 aliphatic rings. The van der Waals surface area contributed by atoms with Crippen molar-refractivity contribution >= 4 is 5.97 Å². The van der Waals surface area contributed by atoms with Gasteiger partial charge in [0.2, 0.25) is 0 Å². The summed E-state index contributed by atoms with van der Waals surface area (Å²) in [5.74, 6) is 0.137. The van der Waals surface area contributed by atoms with E-state index in [2.05, 4.69) is 4.98 Å². The van der Waals surface area contributed by atoms with Gasteiger partial charge in [0.1, 0.15) is 11.5 Å². The van der Waals surface area contributed by atoms with E-state index in [1.54, 1.807) is 30.5 Å². The van der Waals surface area contributed by atoms with Crippen molar-refractivity contribution in [3.63, 3.8) is 0 Å². The molecule has 0 aliphatic carbocycles. The highest BCUT2D eigenvalue weighted by Gasteiger charge is 2.14. The smallest absolute Gasteiger partial charge is 0.337 e. The fraction of sp³-hybridized carbons (Fsp3) is 0.143. The van der Waals surface area contributed by atoms with Gasteiger partial charge in [0.15, 0.2) is 0 Å². The van der Waals surface area contributed by atoms with Gasteiger partial charge in [-0.2, -0.15) is 0 Å². The van der Waals surface area contributed by atoms with Crippen LogP contribution in [0.2, 0.25) is 0 Å². The van der Waals surface area contributed by atoms with E-state index in [4.69, 9.17) is 9.47 Å². The highest BCUT2D eigenvalue weighted by atomic mass is 16.5. The molecule has 98 valence electrons. The first-order chi connectivity index (χ1) is 9.15. The average Bonchev–Trinajstić information content (AvgIpc) is 2.46. The third-order valence-corrected chi connectivity index (χ3v) is 2.66. The fourth-order valence-electron chi connectivity index (χ4n) is 1.75. The van der Waals surface area contributed by atoms with Crippen LogP contribution in [-0.2, 0) is 0 Å². The number of ether oxygens (including phenoxy) is 2. The second-order valence-corrected chi connectivity index (χ2v) is 3.81. The Morgan fingerprint density at radius 2 is 1.79 bits per heavy atom. The monoisotopic (exact) mass is 259 g/mol. The maximum absolute atomic E-state index is 11.2. The largest absolute Gasteiger partial charge is 0.497 e. The number of rotatable bonds is 4. The van der Waals surface area contributed by atoms with Crippen LogP contribution in [0.1, 0.15) is 10.4 Å². The van der Waals surface area contributed by atoms with Crippen molar-refractivity contribution in [1.82, 2.24) is 4.98 Å². The minimum Gasteiger partial charge on any atom is -0.497 e. The third-order valence-electron chi connectivity index (χ3n) is 2.66. The quantitative estimate of drug-likeness (QED) is 0.913. The number of hydrogen-bond acceptors (Lipinski definition) is 4. The SMILES string of the molecule is COc1cc(OC)cc(-c2ncccc2C(=O)O)c1. The topological polar surface area (TPSA) is 68.7 Å². The number of aromatic nitrogens is 1. The van der Waals surface area contributed by atoms with Crippen LogP contribution in [0.3, 0.4) is 0 Å². The van der Waals surface area contributed by atoms with Crippen molar-refractivity contribution in [3.05, 3.63) is 42.1 Å². The van der Waals surface area contributed by atoms with E-state index >= 15 is 0 Å². The van der Waals surface area contributed by atoms with E-state index in [0.29, 0.717) is 22.8 Å². The number of carboxylic acid groups (broad SMARTS) is 1. The summed E-state index contributed by atoms with van der Waals surface area (Å²) in [6.07, 6.45) is 1.55. The first-order valence-corrected chi connectivity index (χ1v) is 5.57. The van der Waals surface area contributed by atoms with Gasteiger partial charge < -0.3 is 14.6 Å². The molecule has 0 radical (unpaired) electrons. The minimum atomic E-state index is -1.02. The summed E-state index contributed by atoms with van der Waals surface area (Å²) in [5.41, 5.74) is 1.15. The number of carboxylic acids is 1. The van der Waals surface area contributed by atoms with Gasteiger partial charge >= 0.3 is 5.97 Å². The maximum atomic E-state index is 11.2. The molecule has 0 atom stereocenters. The molecule has 1 aromatic carbocycles. The summed E-state index contributed by atoms with van der Waals surface area (Å²) in [6, 6.07) is 8.25. The predicted octanol–water partition coefficient (Wildman–Crippen LogP) is 2.46. The maximum Gasteiger partial charge on any atom is 0.337 e. The molecule has 0 saturated heterocycles. The highest BCUT2D eigenvalue weighted by molar-refractivity contribution is 5.94. The van der Waals surface area contributed by atoms with E-state index in [1.165, 1.54) is 20.3 Å². The first kappa shape index (κ1) is 12.9. The molecule has 1 heterocycles. The standard InChI is InChI=1S/C14H13NO4/c1-18-10-6-9(7-11(8-10)19-2)13-12(14(16)17)4-3-5-15-13/h3-8H,1-2H3,(H,16,17). The molecule has 0 spiro atoms. The molecule has 0 aliphatic heterocycles. The van der Waals surface area contributed by atoms with Gasteiger partial charge in [0.05, 0.1) is 25.5 Å². The van der Waals surface area contributed by atoms with Crippen LogP contribution in [-0.4, -0.2) is 30.3 Å². The third kappa shape index (κ3) is 2.65. The summed E-state index contributed by atoms with van der Waals surface area (Å²) >= 11 is 0. The molecule has 19 heavy (non-hydrogen) atoms. The van der Waals surface area contributed by atoms with E-state index < -0.39 is 5.97 Å². The molecule has 1 N–H and O–H groups in total. The lowest BCUT2D eigenvalue weighted by Gasteiger charge is -2.09. The highest BCUT2D eigenvalue weighted by Crippen LogP contribution is 2.30. The van der Waals surface area contributed by atoms with Crippen LogP contribution in [0.25, 0.3) is 11.3 Å².